The molecule has 8 aromatic carbocycles. The van der Waals surface area contributed by atoms with Crippen molar-refractivity contribution in [3.8, 4) is 33.4 Å². The lowest BCUT2D eigenvalue weighted by Crippen LogP contribution is -2.56. The van der Waals surface area contributed by atoms with Crippen LogP contribution < -0.4 is 29.4 Å². The average Bonchev–Trinajstić information content (AvgIpc) is 3.75. The van der Waals surface area contributed by atoms with Crippen molar-refractivity contribution >= 4 is 91.6 Å². The second-order valence-corrected chi connectivity index (χ2v) is 20.4. The smallest absolute Gasteiger partial charge is 0.266 e. The molecule has 2 amide bonds. The van der Waals surface area contributed by atoms with E-state index in [0.717, 1.165) is 101 Å². The minimum absolute atomic E-state index is 0.129. The highest BCUT2D eigenvalue weighted by molar-refractivity contribution is 7.80. The maximum absolute atomic E-state index is 14.7. The van der Waals surface area contributed by atoms with Crippen LogP contribution in [0.4, 0.5) is 56.9 Å². The summed E-state index contributed by atoms with van der Waals surface area (Å²) in [7, 11) is 16.4. The lowest BCUT2D eigenvalue weighted by molar-refractivity contribution is -0.133. The topological polar surface area (TPSA) is 60.1 Å². The van der Waals surface area contributed by atoms with Crippen LogP contribution in [0.5, 0.6) is 0 Å². The molecule has 0 radical (unpaired) electrons. The SMILES string of the molecule is CCN1C(=O)C(=C2c3cc(-c4ccc(N(c5ccc(N(C)C)cc5)c5ccc(N(C)C)cc5)cc4)ccc3-c3ccc(-c4ccc(N(c5ccc(N(C)C)cc5)c5ccc(N(C)C)cc5)cc4)cc32)C(=O)N(CC)C1=S. The maximum atomic E-state index is 14.7. The lowest BCUT2D eigenvalue weighted by atomic mass is 9.91. The Bertz CT molecular complexity index is 3160. The zero-order chi connectivity index (χ0) is 53.5. The molecule has 11 heteroatoms. The van der Waals surface area contributed by atoms with Gasteiger partial charge in [0.25, 0.3) is 11.8 Å². The van der Waals surface area contributed by atoms with E-state index in [9.17, 15) is 9.59 Å². The second kappa shape index (κ2) is 20.9. The van der Waals surface area contributed by atoms with Gasteiger partial charge in [-0.2, -0.15) is 0 Å². The molecule has 1 aliphatic carbocycles. The van der Waals surface area contributed by atoms with Crippen molar-refractivity contribution in [2.24, 2.45) is 0 Å². The number of nitrogens with zero attached hydrogens (tertiary/aromatic N) is 8. The Kier molecular flexibility index (Phi) is 14.0. The largest absolute Gasteiger partial charge is 0.378 e. The van der Waals surface area contributed by atoms with Crippen molar-refractivity contribution < 1.29 is 9.59 Å². The number of fused-ring (bicyclic) bond motifs is 3. The third kappa shape index (κ3) is 9.43. The third-order valence-corrected chi connectivity index (χ3v) is 15.0. The number of likely N-dealkylation sites (N-methyl/N-ethyl adjacent to an activating group) is 2. The molecule has 0 saturated carbocycles. The van der Waals surface area contributed by atoms with Gasteiger partial charge in [-0.25, -0.2) is 0 Å². The molecule has 2 aliphatic rings. The molecule has 0 aromatic heterocycles. The molecule has 1 aliphatic heterocycles. The number of carbonyl (C=O) groups excluding carboxylic acids is 2. The van der Waals surface area contributed by atoms with Gasteiger partial charge in [-0.05, 0) is 204 Å². The Morgan fingerprint density at radius 3 is 0.803 bits per heavy atom. The summed E-state index contributed by atoms with van der Waals surface area (Å²) in [6.07, 6.45) is 0. The van der Waals surface area contributed by atoms with E-state index >= 15 is 0 Å². The predicted molar refractivity (Wildman–Crippen MR) is 323 cm³/mol. The molecule has 0 N–H and O–H groups in total. The molecule has 1 heterocycles. The fourth-order valence-electron chi connectivity index (χ4n) is 10.3. The number of anilines is 10. The molecule has 0 atom stereocenters. The van der Waals surface area contributed by atoms with Gasteiger partial charge in [0, 0.05) is 132 Å². The van der Waals surface area contributed by atoms with Gasteiger partial charge in [0.15, 0.2) is 5.11 Å². The first-order valence-electron chi connectivity index (χ1n) is 25.8. The molecule has 1 saturated heterocycles. The Morgan fingerprint density at radius 2 is 0.553 bits per heavy atom. The Hall–Kier alpha value is -8.67. The molecule has 0 unspecified atom stereocenters. The van der Waals surface area contributed by atoms with E-state index in [4.69, 9.17) is 12.2 Å². The van der Waals surface area contributed by atoms with Gasteiger partial charge in [-0.3, -0.25) is 19.4 Å². The first kappa shape index (κ1) is 50.8. The summed E-state index contributed by atoms with van der Waals surface area (Å²) < 4.78 is 0. The standard InChI is InChI=1S/C65H64N8O2S/c1-11-70-63(74)62(64(75)71(12-2)65(70)76)61-59-41-45(43-13-19-51(20-14-43)72(53-31-23-47(24-32-53)66(3)4)54-33-25-48(26-34-54)67(5)6)17-39-57(59)58-40-18-46(42-60(58)61)44-15-21-52(22-16-44)73(55-35-27-49(28-36-55)68(7)8)56-37-29-50(30-38-56)69(9)10/h13-42H,11-12H2,1-10H3. The van der Waals surface area contributed by atoms with Crippen molar-refractivity contribution in [1.29, 1.82) is 0 Å². The highest BCUT2D eigenvalue weighted by atomic mass is 32.1. The van der Waals surface area contributed by atoms with E-state index < -0.39 is 0 Å². The van der Waals surface area contributed by atoms with Gasteiger partial charge >= 0.3 is 0 Å². The van der Waals surface area contributed by atoms with Crippen LogP contribution in [-0.4, -0.2) is 96.2 Å². The average molecular weight is 1020 g/mol. The molecular weight excluding hydrogens is 957 g/mol. The van der Waals surface area contributed by atoms with E-state index in [0.29, 0.717) is 18.7 Å². The molecule has 8 aromatic rings. The maximum Gasteiger partial charge on any atom is 0.266 e. The summed E-state index contributed by atoms with van der Waals surface area (Å²) in [5.41, 5.74) is 19.0. The van der Waals surface area contributed by atoms with Crippen molar-refractivity contribution in [3.63, 3.8) is 0 Å². The number of benzene rings is 8. The number of thiocarbonyl (C=S) groups is 1. The molecule has 1 fully saturated rings. The number of hydrogen-bond donors (Lipinski definition) is 0. The van der Waals surface area contributed by atoms with Gasteiger partial charge in [-0.1, -0.05) is 48.5 Å². The number of amides is 2. The van der Waals surface area contributed by atoms with E-state index in [1.54, 1.807) is 9.80 Å². The highest BCUT2D eigenvalue weighted by Gasteiger charge is 2.42. The van der Waals surface area contributed by atoms with Gasteiger partial charge in [0.05, 0.1) is 0 Å². The summed E-state index contributed by atoms with van der Waals surface area (Å²) >= 11 is 5.77. The van der Waals surface area contributed by atoms with Crippen LogP contribution in [0.2, 0.25) is 0 Å². The minimum atomic E-state index is -0.379. The quantitative estimate of drug-likeness (QED) is 0.0602. The molecular formula is C65H64N8O2S. The fraction of sp³-hybridized carbons (Fsp3) is 0.185. The van der Waals surface area contributed by atoms with Gasteiger partial charge < -0.3 is 29.4 Å². The summed E-state index contributed by atoms with van der Waals surface area (Å²) in [5, 5.41) is 0.234. The van der Waals surface area contributed by atoms with Crippen LogP contribution in [0.3, 0.4) is 0 Å². The number of rotatable bonds is 14. The Labute approximate surface area is 453 Å². The van der Waals surface area contributed by atoms with E-state index in [-0.39, 0.29) is 22.5 Å². The number of carbonyl (C=O) groups is 2. The van der Waals surface area contributed by atoms with E-state index in [1.165, 1.54) is 0 Å². The monoisotopic (exact) mass is 1020 g/mol. The molecule has 10 nitrogen and oxygen atoms in total. The van der Waals surface area contributed by atoms with Crippen molar-refractivity contribution in [2.45, 2.75) is 13.8 Å². The minimum Gasteiger partial charge on any atom is -0.378 e. The molecule has 382 valence electrons. The molecule has 10 rings (SSSR count). The van der Waals surface area contributed by atoms with Crippen molar-refractivity contribution in [1.82, 2.24) is 9.80 Å². The Morgan fingerprint density at radius 1 is 0.316 bits per heavy atom. The van der Waals surface area contributed by atoms with Crippen LogP contribution in [0.25, 0.3) is 39.0 Å². The zero-order valence-electron chi connectivity index (χ0n) is 45.0. The summed E-state index contributed by atoms with van der Waals surface area (Å²) in [4.78, 5) is 45.5. The van der Waals surface area contributed by atoms with Gasteiger partial charge in [0.1, 0.15) is 5.57 Å². The van der Waals surface area contributed by atoms with Crippen LogP contribution in [0.1, 0.15) is 25.0 Å². The van der Waals surface area contributed by atoms with Crippen molar-refractivity contribution in [3.05, 3.63) is 199 Å². The van der Waals surface area contributed by atoms with Crippen LogP contribution in [0, 0.1) is 0 Å². The highest BCUT2D eigenvalue weighted by Crippen LogP contribution is 2.50. The lowest BCUT2D eigenvalue weighted by Gasteiger charge is -2.36. The van der Waals surface area contributed by atoms with Gasteiger partial charge in [-0.15, -0.1) is 0 Å². The van der Waals surface area contributed by atoms with E-state index in [2.05, 4.69) is 211 Å². The summed E-state index contributed by atoms with van der Waals surface area (Å²) in [6, 6.07) is 64.4. The predicted octanol–water partition coefficient (Wildman–Crippen LogP) is 14.0. The van der Waals surface area contributed by atoms with Crippen molar-refractivity contribution in [2.75, 3.05) is 98.9 Å². The summed E-state index contributed by atoms with van der Waals surface area (Å²) in [6.45, 7) is 4.47. The Balaban J connectivity index is 1.05. The fourth-order valence-corrected chi connectivity index (χ4v) is 10.7. The number of hydrogen-bond acceptors (Lipinski definition) is 9. The molecule has 0 spiro atoms. The normalized spacial score (nSPS) is 12.9. The first-order chi connectivity index (χ1) is 36.6. The van der Waals surface area contributed by atoms with Crippen LogP contribution >= 0.6 is 12.2 Å². The summed E-state index contributed by atoms with van der Waals surface area (Å²) in [5.74, 6) is -0.759. The van der Waals surface area contributed by atoms with Gasteiger partial charge in [0.2, 0.25) is 0 Å². The first-order valence-corrected chi connectivity index (χ1v) is 26.2. The van der Waals surface area contributed by atoms with E-state index in [1.807, 2.05) is 70.2 Å². The third-order valence-electron chi connectivity index (χ3n) is 14.5. The molecule has 0 bridgehead atoms. The van der Waals surface area contributed by atoms with Crippen LogP contribution in [-0.2, 0) is 9.59 Å². The van der Waals surface area contributed by atoms with Crippen LogP contribution in [0.15, 0.2) is 188 Å². The second-order valence-electron chi connectivity index (χ2n) is 20.1. The zero-order valence-corrected chi connectivity index (χ0v) is 45.9. The molecule has 76 heavy (non-hydrogen) atoms.